The molecular weight excluding hydrogens is 274 g/mol. The van der Waals surface area contributed by atoms with Crippen molar-refractivity contribution < 1.29 is 14.3 Å². The van der Waals surface area contributed by atoms with Crippen LogP contribution in [0.15, 0.2) is 35.2 Å². The number of carbonyl (C=O) groups is 2. The summed E-state index contributed by atoms with van der Waals surface area (Å²) in [6.07, 6.45) is 4.21. The van der Waals surface area contributed by atoms with Crippen molar-refractivity contribution in [3.05, 3.63) is 35.9 Å². The maximum atomic E-state index is 11.6. The number of rotatable bonds is 6. The Morgan fingerprint density at radius 1 is 1.35 bits per heavy atom. The molecule has 0 radical (unpaired) electrons. The van der Waals surface area contributed by atoms with E-state index in [2.05, 4.69) is 5.32 Å². The molecule has 0 saturated carbocycles. The molecular formula is C15H19NO3S. The zero-order valence-corrected chi connectivity index (χ0v) is 12.7. The zero-order chi connectivity index (χ0) is 15.0. The van der Waals surface area contributed by atoms with E-state index in [1.165, 1.54) is 6.08 Å². The standard InChI is InChI=1S/C15H19NO3S/c1-4-16-15(18)11(2)19-14(17)10-7-12-5-8-13(20-3)9-6-12/h5-11H,4H2,1-3H3,(H,16,18)/b10-7+/t11-/m1/s1. The normalized spacial score (nSPS) is 12.2. The van der Waals surface area contributed by atoms with Crippen LogP contribution in [0.3, 0.4) is 0 Å². The van der Waals surface area contributed by atoms with Crippen molar-refractivity contribution >= 4 is 29.7 Å². The minimum Gasteiger partial charge on any atom is -0.449 e. The average molecular weight is 293 g/mol. The second-order valence-electron chi connectivity index (χ2n) is 4.08. The minimum atomic E-state index is -0.786. The third-order valence-electron chi connectivity index (χ3n) is 2.54. The lowest BCUT2D eigenvalue weighted by Crippen LogP contribution is -2.35. The van der Waals surface area contributed by atoms with Crippen LogP contribution in [0.25, 0.3) is 6.08 Å². The first-order chi connectivity index (χ1) is 9.56. The number of amides is 1. The van der Waals surface area contributed by atoms with E-state index in [0.29, 0.717) is 6.54 Å². The molecule has 1 aromatic rings. The van der Waals surface area contributed by atoms with Crippen molar-refractivity contribution in [2.24, 2.45) is 0 Å². The summed E-state index contributed by atoms with van der Waals surface area (Å²) in [5.41, 5.74) is 0.908. The average Bonchev–Trinajstić information content (AvgIpc) is 2.45. The second kappa shape index (κ2) is 8.43. The number of nitrogens with one attached hydrogen (secondary N) is 1. The summed E-state index contributed by atoms with van der Waals surface area (Å²) < 4.78 is 4.99. The van der Waals surface area contributed by atoms with E-state index < -0.39 is 12.1 Å². The number of thioether (sulfide) groups is 1. The van der Waals surface area contributed by atoms with Gasteiger partial charge in [-0.2, -0.15) is 0 Å². The van der Waals surface area contributed by atoms with Gasteiger partial charge in [-0.25, -0.2) is 4.79 Å². The maximum Gasteiger partial charge on any atom is 0.331 e. The molecule has 4 nitrogen and oxygen atoms in total. The lowest BCUT2D eigenvalue weighted by atomic mass is 10.2. The summed E-state index contributed by atoms with van der Waals surface area (Å²) in [6.45, 7) is 3.87. The van der Waals surface area contributed by atoms with Crippen molar-refractivity contribution in [3.8, 4) is 0 Å². The van der Waals surface area contributed by atoms with Crippen LogP contribution in [0.4, 0.5) is 0 Å². The van der Waals surface area contributed by atoms with Crippen LogP contribution in [-0.4, -0.2) is 30.8 Å². The Bertz CT molecular complexity index is 482. The Hall–Kier alpha value is -1.75. The first-order valence-corrected chi connectivity index (χ1v) is 7.59. The van der Waals surface area contributed by atoms with Gasteiger partial charge in [0.2, 0.25) is 0 Å². The first-order valence-electron chi connectivity index (χ1n) is 6.37. The van der Waals surface area contributed by atoms with Crippen LogP contribution in [0, 0.1) is 0 Å². The number of carbonyl (C=O) groups excluding carboxylic acids is 2. The van der Waals surface area contributed by atoms with E-state index in [1.54, 1.807) is 24.8 Å². The van der Waals surface area contributed by atoms with Gasteiger partial charge in [-0.15, -0.1) is 11.8 Å². The van der Waals surface area contributed by atoms with Gasteiger partial charge in [0, 0.05) is 17.5 Å². The highest BCUT2D eigenvalue weighted by Gasteiger charge is 2.14. The van der Waals surface area contributed by atoms with Gasteiger partial charge in [-0.05, 0) is 43.9 Å². The Balaban J connectivity index is 2.52. The fraction of sp³-hybridized carbons (Fsp3) is 0.333. The predicted octanol–water partition coefficient (Wildman–Crippen LogP) is 2.49. The fourth-order valence-electron chi connectivity index (χ4n) is 1.46. The Morgan fingerprint density at radius 3 is 2.55 bits per heavy atom. The minimum absolute atomic E-state index is 0.293. The van der Waals surface area contributed by atoms with Crippen molar-refractivity contribution in [2.75, 3.05) is 12.8 Å². The zero-order valence-electron chi connectivity index (χ0n) is 11.9. The highest BCUT2D eigenvalue weighted by atomic mass is 32.2. The van der Waals surface area contributed by atoms with Gasteiger partial charge in [0.1, 0.15) is 0 Å². The number of hydrogen-bond acceptors (Lipinski definition) is 4. The number of hydrogen-bond donors (Lipinski definition) is 1. The van der Waals surface area contributed by atoms with Gasteiger partial charge < -0.3 is 10.1 Å². The molecule has 20 heavy (non-hydrogen) atoms. The lowest BCUT2D eigenvalue weighted by Gasteiger charge is -2.10. The number of esters is 1. The molecule has 0 aliphatic rings. The smallest absolute Gasteiger partial charge is 0.331 e. The van der Waals surface area contributed by atoms with Gasteiger partial charge in [0.15, 0.2) is 6.10 Å². The van der Waals surface area contributed by atoms with Gasteiger partial charge >= 0.3 is 5.97 Å². The van der Waals surface area contributed by atoms with Gasteiger partial charge in [0.25, 0.3) is 5.91 Å². The fourth-order valence-corrected chi connectivity index (χ4v) is 1.87. The van der Waals surface area contributed by atoms with E-state index in [4.69, 9.17) is 4.74 Å². The highest BCUT2D eigenvalue weighted by molar-refractivity contribution is 7.98. The predicted molar refractivity (Wildman–Crippen MR) is 81.5 cm³/mol. The maximum absolute atomic E-state index is 11.6. The third kappa shape index (κ3) is 5.48. The summed E-state index contributed by atoms with van der Waals surface area (Å²) >= 11 is 1.66. The van der Waals surface area contributed by atoms with Crippen molar-refractivity contribution in [1.29, 1.82) is 0 Å². The molecule has 0 bridgehead atoms. The molecule has 1 rings (SSSR count). The molecule has 0 fully saturated rings. The van der Waals surface area contributed by atoms with E-state index in [9.17, 15) is 9.59 Å². The quantitative estimate of drug-likeness (QED) is 0.497. The molecule has 1 amide bonds. The molecule has 0 aliphatic carbocycles. The van der Waals surface area contributed by atoms with E-state index in [-0.39, 0.29) is 5.91 Å². The summed E-state index contributed by atoms with van der Waals surface area (Å²) in [5, 5.41) is 2.59. The summed E-state index contributed by atoms with van der Waals surface area (Å²) in [6, 6.07) is 7.80. The van der Waals surface area contributed by atoms with E-state index in [1.807, 2.05) is 37.4 Å². The first kappa shape index (κ1) is 16.3. The molecule has 0 heterocycles. The molecule has 1 aromatic carbocycles. The third-order valence-corrected chi connectivity index (χ3v) is 3.28. The molecule has 5 heteroatoms. The van der Waals surface area contributed by atoms with Crippen LogP contribution in [0.5, 0.6) is 0 Å². The lowest BCUT2D eigenvalue weighted by molar-refractivity contribution is -0.150. The highest BCUT2D eigenvalue weighted by Crippen LogP contribution is 2.15. The number of benzene rings is 1. The van der Waals surface area contributed by atoms with Crippen molar-refractivity contribution in [2.45, 2.75) is 24.8 Å². The monoisotopic (exact) mass is 293 g/mol. The van der Waals surface area contributed by atoms with Crippen molar-refractivity contribution in [3.63, 3.8) is 0 Å². The van der Waals surface area contributed by atoms with Gasteiger partial charge in [0.05, 0.1) is 0 Å². The summed E-state index contributed by atoms with van der Waals surface area (Å²) in [4.78, 5) is 24.1. The molecule has 1 atom stereocenters. The number of ether oxygens (including phenoxy) is 1. The second-order valence-corrected chi connectivity index (χ2v) is 4.96. The van der Waals surface area contributed by atoms with Gasteiger partial charge in [-0.3, -0.25) is 4.79 Å². The molecule has 0 spiro atoms. The topological polar surface area (TPSA) is 55.4 Å². The van der Waals surface area contributed by atoms with Gasteiger partial charge in [-0.1, -0.05) is 12.1 Å². The van der Waals surface area contributed by atoms with Crippen LogP contribution in [0.1, 0.15) is 19.4 Å². The van der Waals surface area contributed by atoms with Crippen molar-refractivity contribution in [1.82, 2.24) is 5.32 Å². The van der Waals surface area contributed by atoms with Crippen LogP contribution in [0.2, 0.25) is 0 Å². The largest absolute Gasteiger partial charge is 0.449 e. The van der Waals surface area contributed by atoms with Crippen LogP contribution >= 0.6 is 11.8 Å². The van der Waals surface area contributed by atoms with Crippen LogP contribution in [-0.2, 0) is 14.3 Å². The Morgan fingerprint density at radius 2 is 2.00 bits per heavy atom. The van der Waals surface area contributed by atoms with E-state index >= 15 is 0 Å². The summed E-state index contributed by atoms with van der Waals surface area (Å²) in [5.74, 6) is -0.823. The molecule has 0 aliphatic heterocycles. The Kier molecular flexibility index (Phi) is 6.87. The molecule has 0 aromatic heterocycles. The van der Waals surface area contributed by atoms with E-state index in [0.717, 1.165) is 10.5 Å². The SMILES string of the molecule is CCNC(=O)[C@@H](C)OC(=O)/C=C/c1ccc(SC)cc1. The molecule has 0 saturated heterocycles. The van der Waals surface area contributed by atoms with Crippen LogP contribution < -0.4 is 5.32 Å². The summed E-state index contributed by atoms with van der Waals surface area (Å²) in [7, 11) is 0. The molecule has 1 N–H and O–H groups in total. The number of likely N-dealkylation sites (N-methyl/N-ethyl adjacent to an activating group) is 1. The molecule has 0 unspecified atom stereocenters. The Labute approximate surface area is 123 Å². The molecule has 108 valence electrons.